The van der Waals surface area contributed by atoms with Gasteiger partial charge >= 0.3 is 11.6 Å². The molecule has 14 nitrogen and oxygen atoms in total. The van der Waals surface area contributed by atoms with Crippen molar-refractivity contribution in [2.45, 2.75) is 57.1 Å². The summed E-state index contributed by atoms with van der Waals surface area (Å²) in [7, 11) is 0. The van der Waals surface area contributed by atoms with Crippen LogP contribution in [0.4, 0.5) is 33.3 Å². The van der Waals surface area contributed by atoms with Crippen LogP contribution in [0.25, 0.3) is 16.9 Å². The molecule has 1 saturated heterocycles. The SMILES string of the molecule is CC[C@@H]([C@H](C)OCc1ccccc1)n1ncn(-c2ncc(N3CCN(c4ccc(-c5ccc(C(F)(F)[C@](O)(Cn6cnnn6)c6ccc(F)cc6F)nc5)cc4)CC3)cc2F)c1=O. The topological polar surface area (TPSA) is 145 Å². The van der Waals surface area contributed by atoms with E-state index in [0.717, 1.165) is 45.0 Å². The molecule has 3 aromatic carbocycles. The molecule has 3 atom stereocenters. The molecule has 1 N–H and O–H groups in total. The number of aliphatic hydroxyl groups is 1. The van der Waals surface area contributed by atoms with Gasteiger partial charge in [0.25, 0.3) is 0 Å². The molecule has 1 aliphatic rings. The number of pyridine rings is 2. The first-order valence-corrected chi connectivity index (χ1v) is 20.2. The molecule has 0 amide bonds. The highest BCUT2D eigenvalue weighted by atomic mass is 19.3. The molecule has 0 spiro atoms. The highest BCUT2D eigenvalue weighted by Gasteiger charge is 2.58. The zero-order valence-electron chi connectivity index (χ0n) is 34.1. The molecule has 0 radical (unpaired) electrons. The fourth-order valence-corrected chi connectivity index (χ4v) is 7.79. The molecule has 0 saturated carbocycles. The number of halogens is 5. The summed E-state index contributed by atoms with van der Waals surface area (Å²) in [4.78, 5) is 25.9. The average molecular weight is 868 g/mol. The zero-order chi connectivity index (χ0) is 44.3. The summed E-state index contributed by atoms with van der Waals surface area (Å²) in [5, 5.41) is 26.1. The normalized spacial score (nSPS) is 15.3. The Hall–Kier alpha value is -6.86. The summed E-state index contributed by atoms with van der Waals surface area (Å²) in [6, 6.07) is 22.5. The van der Waals surface area contributed by atoms with Gasteiger partial charge in [-0.3, -0.25) is 4.98 Å². The first-order chi connectivity index (χ1) is 30.4. The second-order valence-corrected chi connectivity index (χ2v) is 15.2. The van der Waals surface area contributed by atoms with Crippen LogP contribution in [0.2, 0.25) is 0 Å². The van der Waals surface area contributed by atoms with Gasteiger partial charge in [0, 0.05) is 61.3 Å². The highest BCUT2D eigenvalue weighted by molar-refractivity contribution is 5.66. The summed E-state index contributed by atoms with van der Waals surface area (Å²) >= 11 is 0. The quantitative estimate of drug-likeness (QED) is 0.114. The number of anilines is 2. The third kappa shape index (κ3) is 8.65. The van der Waals surface area contributed by atoms with Gasteiger partial charge in [0.2, 0.25) is 0 Å². The van der Waals surface area contributed by atoms with Crippen molar-refractivity contribution in [1.82, 2.24) is 44.5 Å². The van der Waals surface area contributed by atoms with Crippen molar-refractivity contribution < 1.29 is 31.8 Å². The molecule has 5 heterocycles. The Morgan fingerprint density at radius 3 is 2.16 bits per heavy atom. The van der Waals surface area contributed by atoms with Crippen LogP contribution in [0.1, 0.15) is 43.1 Å². The van der Waals surface area contributed by atoms with Gasteiger partial charge in [-0.05, 0) is 65.2 Å². The third-order valence-corrected chi connectivity index (χ3v) is 11.3. The maximum absolute atomic E-state index is 16.2. The molecule has 1 aliphatic heterocycles. The Morgan fingerprint density at radius 2 is 1.52 bits per heavy atom. The van der Waals surface area contributed by atoms with Crippen molar-refractivity contribution in [1.29, 1.82) is 0 Å². The van der Waals surface area contributed by atoms with E-state index < -0.39 is 52.5 Å². The zero-order valence-corrected chi connectivity index (χ0v) is 34.1. The van der Waals surface area contributed by atoms with Crippen molar-refractivity contribution in [3.05, 3.63) is 161 Å². The van der Waals surface area contributed by atoms with Crippen LogP contribution in [-0.2, 0) is 29.4 Å². The molecule has 19 heteroatoms. The molecule has 0 bridgehead atoms. The molecular weight excluding hydrogens is 826 g/mol. The molecular formula is C44H42F5N11O3. The lowest BCUT2D eigenvalue weighted by Crippen LogP contribution is -2.48. The molecule has 4 aromatic heterocycles. The molecule has 8 rings (SSSR count). The predicted molar refractivity (Wildman–Crippen MR) is 222 cm³/mol. The Bertz CT molecular complexity index is 2690. The molecule has 1 fully saturated rings. The van der Waals surface area contributed by atoms with E-state index in [-0.39, 0.29) is 18.0 Å². The maximum atomic E-state index is 16.2. The summed E-state index contributed by atoms with van der Waals surface area (Å²) in [5.74, 6) is -7.38. The van der Waals surface area contributed by atoms with Crippen LogP contribution in [0.15, 0.2) is 121 Å². The second kappa shape index (κ2) is 17.9. The fraction of sp³-hybridized carbons (Fsp3) is 0.295. The van der Waals surface area contributed by atoms with E-state index >= 15 is 13.2 Å². The van der Waals surface area contributed by atoms with E-state index in [2.05, 4.69) is 35.5 Å². The monoisotopic (exact) mass is 867 g/mol. The van der Waals surface area contributed by atoms with E-state index in [1.807, 2.05) is 73.3 Å². The van der Waals surface area contributed by atoms with Crippen LogP contribution in [0, 0.1) is 17.5 Å². The van der Waals surface area contributed by atoms with Gasteiger partial charge in [-0.25, -0.2) is 36.9 Å². The Morgan fingerprint density at radius 1 is 0.810 bits per heavy atom. The van der Waals surface area contributed by atoms with Crippen molar-refractivity contribution in [3.63, 3.8) is 0 Å². The second-order valence-electron chi connectivity index (χ2n) is 15.2. The Balaban J connectivity index is 0.900. The number of aromatic nitrogens is 9. The Kier molecular flexibility index (Phi) is 12.1. The number of alkyl halides is 2. The lowest BCUT2D eigenvalue weighted by Gasteiger charge is -2.37. The highest BCUT2D eigenvalue weighted by Crippen LogP contribution is 2.47. The van der Waals surface area contributed by atoms with Gasteiger partial charge in [0.15, 0.2) is 17.2 Å². The average Bonchev–Trinajstić information content (AvgIpc) is 3.95. The van der Waals surface area contributed by atoms with Crippen molar-refractivity contribution in [2.75, 3.05) is 36.0 Å². The Labute approximate surface area is 357 Å². The van der Waals surface area contributed by atoms with E-state index in [9.17, 15) is 18.7 Å². The van der Waals surface area contributed by atoms with Crippen molar-refractivity contribution in [2.24, 2.45) is 0 Å². The fourth-order valence-electron chi connectivity index (χ4n) is 7.79. The van der Waals surface area contributed by atoms with Gasteiger partial charge < -0.3 is 19.6 Å². The number of nitrogens with zero attached hydrogens (tertiary/aromatic N) is 11. The van der Waals surface area contributed by atoms with Gasteiger partial charge in [0.05, 0.1) is 37.2 Å². The molecule has 7 aromatic rings. The van der Waals surface area contributed by atoms with E-state index in [1.54, 1.807) is 6.20 Å². The van der Waals surface area contributed by atoms with Crippen LogP contribution in [-0.4, -0.2) is 81.9 Å². The molecule has 326 valence electrons. The minimum atomic E-state index is -4.19. The van der Waals surface area contributed by atoms with Crippen molar-refractivity contribution in [3.8, 4) is 16.9 Å². The first-order valence-electron chi connectivity index (χ1n) is 20.2. The minimum absolute atomic E-state index is 0.150. The summed E-state index contributed by atoms with van der Waals surface area (Å²) in [6.45, 7) is 5.55. The van der Waals surface area contributed by atoms with Gasteiger partial charge in [-0.1, -0.05) is 55.5 Å². The predicted octanol–water partition coefficient (Wildman–Crippen LogP) is 6.46. The van der Waals surface area contributed by atoms with Crippen LogP contribution in [0.3, 0.4) is 0 Å². The standard InChI is InChI=1S/C44H42F5N11O3/c1-3-39(29(2)63-25-30-7-5-4-6-8-30)60-42(61)59(28-53-60)41-38(47)22-35(24-51-41)57-19-17-56(18-20-57)34-13-9-31(10-14-34)32-11-16-40(50-23-32)44(48,49)43(62,26-58-27-52-54-55-58)36-15-12-33(45)21-37(36)46/h4-16,21-24,27-29,39,62H,3,17-20,25-26H2,1-2H3/t29-,39-,43-/m0/s1. The first kappa shape index (κ1) is 42.8. The molecule has 0 unspecified atom stereocenters. The largest absolute Gasteiger partial charge is 0.377 e. The number of tetrazole rings is 1. The minimum Gasteiger partial charge on any atom is -0.377 e. The summed E-state index contributed by atoms with van der Waals surface area (Å²) < 4.78 is 86.0. The van der Waals surface area contributed by atoms with Crippen LogP contribution < -0.4 is 15.5 Å². The smallest absolute Gasteiger partial charge is 0.352 e. The number of ether oxygens (including phenoxy) is 1. The van der Waals surface area contributed by atoms with Gasteiger partial charge in [0.1, 0.15) is 30.0 Å². The number of hydrogen-bond acceptors (Lipinski definition) is 11. The van der Waals surface area contributed by atoms with Crippen LogP contribution >= 0.6 is 0 Å². The van der Waals surface area contributed by atoms with E-state index in [0.29, 0.717) is 62.1 Å². The van der Waals surface area contributed by atoms with E-state index in [1.165, 1.54) is 29.3 Å². The maximum Gasteiger partial charge on any atom is 0.352 e. The van der Waals surface area contributed by atoms with Crippen LogP contribution in [0.5, 0.6) is 0 Å². The third-order valence-electron chi connectivity index (χ3n) is 11.3. The number of rotatable bonds is 15. The lowest BCUT2D eigenvalue weighted by atomic mass is 9.84. The molecule has 0 aliphatic carbocycles. The van der Waals surface area contributed by atoms with E-state index in [4.69, 9.17) is 4.74 Å². The number of piperazine rings is 1. The van der Waals surface area contributed by atoms with Crippen molar-refractivity contribution >= 4 is 11.4 Å². The number of hydrogen-bond donors (Lipinski definition) is 1. The van der Waals surface area contributed by atoms with Gasteiger partial charge in [-0.15, -0.1) is 5.10 Å². The molecule has 63 heavy (non-hydrogen) atoms. The number of benzene rings is 3. The lowest BCUT2D eigenvalue weighted by molar-refractivity contribution is -0.207. The summed E-state index contributed by atoms with van der Waals surface area (Å²) in [6.07, 6.45) is 5.25. The van der Waals surface area contributed by atoms with Gasteiger partial charge in [-0.2, -0.15) is 13.9 Å². The summed E-state index contributed by atoms with van der Waals surface area (Å²) in [5.41, 5.74) is -1.82.